The molecule has 0 fully saturated rings. The molecule has 0 spiro atoms. The van der Waals surface area contributed by atoms with E-state index in [1.165, 1.54) is 54.7 Å². The molecule has 20 heavy (non-hydrogen) atoms. The molecule has 0 aromatic heterocycles. The van der Waals surface area contributed by atoms with Crippen molar-refractivity contribution in [2.45, 2.75) is 25.2 Å². The van der Waals surface area contributed by atoms with Crippen molar-refractivity contribution in [1.82, 2.24) is 0 Å². The van der Waals surface area contributed by atoms with E-state index in [0.717, 1.165) is 5.02 Å². The standard InChI is InChI=1S/C18H18ClN/c19-15-7-1-5-14(12-15)16-9-11-20-10-3-6-13-4-2-8-17(16)18(13)20/h1-2,4-5,7-8,12,16H,3,6,9-11H2. The van der Waals surface area contributed by atoms with Crippen LogP contribution in [0, 0.1) is 0 Å². The summed E-state index contributed by atoms with van der Waals surface area (Å²) in [6.07, 6.45) is 3.71. The van der Waals surface area contributed by atoms with Gasteiger partial charge >= 0.3 is 0 Å². The van der Waals surface area contributed by atoms with Gasteiger partial charge in [-0.2, -0.15) is 0 Å². The monoisotopic (exact) mass is 283 g/mol. The number of benzene rings is 2. The number of anilines is 1. The zero-order chi connectivity index (χ0) is 13.5. The van der Waals surface area contributed by atoms with Gasteiger partial charge in [-0.15, -0.1) is 0 Å². The Morgan fingerprint density at radius 3 is 2.85 bits per heavy atom. The second-order valence-electron chi connectivity index (χ2n) is 5.84. The highest BCUT2D eigenvalue weighted by Crippen LogP contribution is 2.43. The first-order valence-electron chi connectivity index (χ1n) is 7.45. The maximum Gasteiger partial charge on any atom is 0.0437 e. The fourth-order valence-electron chi connectivity index (χ4n) is 3.79. The van der Waals surface area contributed by atoms with Gasteiger partial charge < -0.3 is 4.90 Å². The molecule has 102 valence electrons. The molecule has 0 radical (unpaired) electrons. The Morgan fingerprint density at radius 1 is 1.05 bits per heavy atom. The third-order valence-electron chi connectivity index (χ3n) is 4.66. The van der Waals surface area contributed by atoms with E-state index in [0.29, 0.717) is 5.92 Å². The van der Waals surface area contributed by atoms with Crippen molar-refractivity contribution < 1.29 is 0 Å². The van der Waals surface area contributed by atoms with Crippen molar-refractivity contribution in [1.29, 1.82) is 0 Å². The molecule has 0 bridgehead atoms. The molecule has 2 heterocycles. The van der Waals surface area contributed by atoms with Crippen molar-refractivity contribution in [3.63, 3.8) is 0 Å². The van der Waals surface area contributed by atoms with Crippen molar-refractivity contribution in [3.05, 3.63) is 64.2 Å². The Balaban J connectivity index is 1.84. The average Bonchev–Trinajstić information content (AvgIpc) is 2.48. The van der Waals surface area contributed by atoms with Crippen LogP contribution in [0.4, 0.5) is 5.69 Å². The summed E-state index contributed by atoms with van der Waals surface area (Å²) in [7, 11) is 0. The molecule has 1 atom stereocenters. The molecule has 1 unspecified atom stereocenters. The highest BCUT2D eigenvalue weighted by Gasteiger charge is 2.29. The van der Waals surface area contributed by atoms with Crippen LogP contribution in [-0.2, 0) is 6.42 Å². The molecule has 0 N–H and O–H groups in total. The van der Waals surface area contributed by atoms with Gasteiger partial charge in [-0.05, 0) is 48.1 Å². The van der Waals surface area contributed by atoms with Gasteiger partial charge in [0.15, 0.2) is 0 Å². The molecule has 0 amide bonds. The summed E-state index contributed by atoms with van der Waals surface area (Å²) in [6.45, 7) is 2.38. The van der Waals surface area contributed by atoms with Gasteiger partial charge in [0.2, 0.25) is 0 Å². The van der Waals surface area contributed by atoms with Gasteiger partial charge in [-0.3, -0.25) is 0 Å². The normalized spacial score (nSPS) is 20.6. The van der Waals surface area contributed by atoms with Crippen LogP contribution >= 0.6 is 11.6 Å². The largest absolute Gasteiger partial charge is 0.371 e. The highest BCUT2D eigenvalue weighted by molar-refractivity contribution is 6.30. The first-order valence-corrected chi connectivity index (χ1v) is 7.83. The van der Waals surface area contributed by atoms with E-state index in [1.807, 2.05) is 6.07 Å². The van der Waals surface area contributed by atoms with Crippen LogP contribution in [0.3, 0.4) is 0 Å². The number of hydrogen-bond acceptors (Lipinski definition) is 1. The smallest absolute Gasteiger partial charge is 0.0437 e. The number of rotatable bonds is 1. The molecule has 2 aromatic carbocycles. The van der Waals surface area contributed by atoms with E-state index < -0.39 is 0 Å². The molecular weight excluding hydrogens is 266 g/mol. The Morgan fingerprint density at radius 2 is 1.95 bits per heavy atom. The summed E-state index contributed by atoms with van der Waals surface area (Å²) in [6, 6.07) is 15.2. The first-order chi connectivity index (χ1) is 9.83. The van der Waals surface area contributed by atoms with E-state index in [2.05, 4.69) is 41.3 Å². The van der Waals surface area contributed by atoms with Crippen LogP contribution < -0.4 is 4.90 Å². The molecule has 4 rings (SSSR count). The number of para-hydroxylation sites is 1. The van der Waals surface area contributed by atoms with Gasteiger partial charge in [0, 0.05) is 29.7 Å². The molecule has 2 heteroatoms. The molecule has 1 nitrogen and oxygen atoms in total. The zero-order valence-corrected chi connectivity index (χ0v) is 12.2. The van der Waals surface area contributed by atoms with E-state index >= 15 is 0 Å². The molecule has 2 aliphatic rings. The van der Waals surface area contributed by atoms with Crippen LogP contribution in [0.5, 0.6) is 0 Å². The molecule has 2 aliphatic heterocycles. The van der Waals surface area contributed by atoms with Gasteiger partial charge in [0.05, 0.1) is 0 Å². The number of aryl methyl sites for hydroxylation is 1. The Bertz CT molecular complexity index is 650. The van der Waals surface area contributed by atoms with E-state index in [1.54, 1.807) is 0 Å². The fourth-order valence-corrected chi connectivity index (χ4v) is 3.98. The summed E-state index contributed by atoms with van der Waals surface area (Å²) in [4.78, 5) is 2.58. The lowest BCUT2D eigenvalue weighted by Gasteiger charge is -2.40. The van der Waals surface area contributed by atoms with Gasteiger partial charge in [0.25, 0.3) is 0 Å². The van der Waals surface area contributed by atoms with Crippen molar-refractivity contribution >= 4 is 17.3 Å². The average molecular weight is 284 g/mol. The zero-order valence-electron chi connectivity index (χ0n) is 11.5. The first kappa shape index (κ1) is 12.3. The lowest BCUT2D eigenvalue weighted by atomic mass is 9.81. The summed E-state index contributed by atoms with van der Waals surface area (Å²) in [5, 5.41) is 0.842. The Labute approximate surface area is 125 Å². The predicted molar refractivity (Wildman–Crippen MR) is 84.9 cm³/mol. The van der Waals surface area contributed by atoms with Crippen molar-refractivity contribution in [2.75, 3.05) is 18.0 Å². The number of halogens is 1. The second-order valence-corrected chi connectivity index (χ2v) is 6.28. The third-order valence-corrected chi connectivity index (χ3v) is 4.89. The molecular formula is C18H18ClN. The van der Waals surface area contributed by atoms with Crippen molar-refractivity contribution in [2.24, 2.45) is 0 Å². The van der Waals surface area contributed by atoms with Gasteiger partial charge in [-0.25, -0.2) is 0 Å². The Hall–Kier alpha value is -1.47. The maximum atomic E-state index is 6.18. The fraction of sp³-hybridized carbons (Fsp3) is 0.333. The van der Waals surface area contributed by atoms with Crippen molar-refractivity contribution in [3.8, 4) is 0 Å². The molecule has 0 saturated carbocycles. The van der Waals surface area contributed by atoms with Crippen LogP contribution in [0.15, 0.2) is 42.5 Å². The number of hydrogen-bond donors (Lipinski definition) is 0. The van der Waals surface area contributed by atoms with Gasteiger partial charge in [-0.1, -0.05) is 41.9 Å². The summed E-state index contributed by atoms with van der Waals surface area (Å²) < 4.78 is 0. The summed E-state index contributed by atoms with van der Waals surface area (Å²) >= 11 is 6.18. The predicted octanol–water partition coefficient (Wildman–Crippen LogP) is 4.63. The minimum absolute atomic E-state index is 0.498. The van der Waals surface area contributed by atoms with E-state index in [9.17, 15) is 0 Å². The molecule has 2 aromatic rings. The minimum atomic E-state index is 0.498. The van der Waals surface area contributed by atoms with E-state index in [-0.39, 0.29) is 0 Å². The minimum Gasteiger partial charge on any atom is -0.371 e. The lowest BCUT2D eigenvalue weighted by molar-refractivity contribution is 0.597. The topological polar surface area (TPSA) is 3.24 Å². The second kappa shape index (κ2) is 4.82. The van der Waals surface area contributed by atoms with Crippen LogP contribution in [-0.4, -0.2) is 13.1 Å². The van der Waals surface area contributed by atoms with Crippen LogP contribution in [0.2, 0.25) is 5.02 Å². The molecule has 0 saturated heterocycles. The number of nitrogens with zero attached hydrogens (tertiary/aromatic N) is 1. The summed E-state index contributed by atoms with van der Waals surface area (Å²) in [5.74, 6) is 0.498. The Kier molecular flexibility index (Phi) is 2.96. The van der Waals surface area contributed by atoms with Crippen LogP contribution in [0.1, 0.15) is 35.4 Å². The van der Waals surface area contributed by atoms with Crippen LogP contribution in [0.25, 0.3) is 0 Å². The third kappa shape index (κ3) is 1.92. The highest BCUT2D eigenvalue weighted by atomic mass is 35.5. The molecule has 0 aliphatic carbocycles. The summed E-state index contributed by atoms with van der Waals surface area (Å²) in [5.41, 5.74) is 5.89. The SMILES string of the molecule is Clc1cccc(C2CCN3CCCc4cccc2c43)c1. The lowest BCUT2D eigenvalue weighted by Crippen LogP contribution is -2.36. The van der Waals surface area contributed by atoms with E-state index in [4.69, 9.17) is 11.6 Å². The van der Waals surface area contributed by atoms with Gasteiger partial charge in [0.1, 0.15) is 0 Å². The maximum absolute atomic E-state index is 6.18. The quantitative estimate of drug-likeness (QED) is 0.738.